The molecule has 29 heavy (non-hydrogen) atoms. The first-order chi connectivity index (χ1) is 14.0. The molecule has 1 aromatic heterocycles. The van der Waals surface area contributed by atoms with E-state index >= 15 is 0 Å². The second-order valence-electron chi connectivity index (χ2n) is 6.13. The number of nitrogens with zero attached hydrogens (tertiary/aromatic N) is 2. The average Bonchev–Trinajstić information content (AvgIpc) is 2.74. The molecule has 1 atom stereocenters. The lowest BCUT2D eigenvalue weighted by Gasteiger charge is -2.17. The molecule has 6 nitrogen and oxygen atoms in total. The Balaban J connectivity index is 1.87. The van der Waals surface area contributed by atoms with Crippen molar-refractivity contribution in [1.29, 1.82) is 0 Å². The largest absolute Gasteiger partial charge is 0.497 e. The van der Waals surface area contributed by atoms with Gasteiger partial charge in [0.2, 0.25) is 10.0 Å². The predicted octanol–water partition coefficient (Wildman–Crippen LogP) is 4.32. The number of aromatic nitrogens is 2. The van der Waals surface area contributed by atoms with E-state index in [1.54, 1.807) is 74.3 Å². The third-order valence-corrected chi connectivity index (χ3v) is 5.86. The molecule has 7 heteroatoms. The molecule has 0 aliphatic heterocycles. The maximum Gasteiger partial charge on any atom is 0.243 e. The van der Waals surface area contributed by atoms with E-state index in [-0.39, 0.29) is 0 Å². The fourth-order valence-corrected chi connectivity index (χ4v) is 4.15. The second-order valence-corrected chi connectivity index (χ2v) is 7.93. The average molecular weight is 407 g/mol. The summed E-state index contributed by atoms with van der Waals surface area (Å²) in [6.07, 6.45) is 9.78. The fraction of sp³-hybridized carbons (Fsp3) is 0.0909. The van der Waals surface area contributed by atoms with Gasteiger partial charge in [-0.15, -0.1) is 6.58 Å². The molecule has 0 saturated carbocycles. The van der Waals surface area contributed by atoms with Crippen LogP contribution in [0, 0.1) is 0 Å². The van der Waals surface area contributed by atoms with Crippen LogP contribution in [0.5, 0.6) is 5.75 Å². The number of para-hydroxylation sites is 1. The van der Waals surface area contributed by atoms with Crippen LogP contribution in [0.1, 0.15) is 22.1 Å². The van der Waals surface area contributed by atoms with Crippen molar-refractivity contribution in [3.05, 3.63) is 96.6 Å². The number of methoxy groups -OCH3 is 1. The lowest BCUT2D eigenvalue weighted by atomic mass is 10.1. The Morgan fingerprint density at radius 3 is 2.48 bits per heavy atom. The SMILES string of the molecule is C=CC(c1ccc(OC)cc1)S(=O)(=O)Nc1ccccc1C=Cc1cnccn1. The van der Waals surface area contributed by atoms with Crippen LogP contribution < -0.4 is 9.46 Å². The normalized spacial score (nSPS) is 12.4. The van der Waals surface area contributed by atoms with Crippen LogP contribution in [0.2, 0.25) is 0 Å². The van der Waals surface area contributed by atoms with Gasteiger partial charge in [0.15, 0.2) is 0 Å². The summed E-state index contributed by atoms with van der Waals surface area (Å²) in [5, 5.41) is -0.912. The summed E-state index contributed by atoms with van der Waals surface area (Å²) in [7, 11) is -2.22. The van der Waals surface area contributed by atoms with Crippen molar-refractivity contribution in [2.24, 2.45) is 0 Å². The van der Waals surface area contributed by atoms with Crippen molar-refractivity contribution in [2.75, 3.05) is 11.8 Å². The summed E-state index contributed by atoms with van der Waals surface area (Å²) < 4.78 is 33.9. The molecule has 0 amide bonds. The van der Waals surface area contributed by atoms with Crippen LogP contribution in [0.15, 0.2) is 79.8 Å². The molecule has 1 N–H and O–H groups in total. The zero-order valence-electron chi connectivity index (χ0n) is 15.9. The molecule has 1 heterocycles. The molecule has 2 aromatic carbocycles. The Bertz CT molecular complexity index is 1100. The number of nitrogens with one attached hydrogen (secondary N) is 1. The van der Waals surface area contributed by atoms with E-state index in [2.05, 4.69) is 21.3 Å². The molecule has 0 fully saturated rings. The molecule has 148 valence electrons. The van der Waals surface area contributed by atoms with E-state index in [0.29, 0.717) is 28.3 Å². The zero-order chi connectivity index (χ0) is 20.7. The minimum absolute atomic E-state index is 0.466. The molecule has 0 spiro atoms. The van der Waals surface area contributed by atoms with E-state index < -0.39 is 15.3 Å². The smallest absolute Gasteiger partial charge is 0.243 e. The number of ether oxygens (including phenoxy) is 1. The monoisotopic (exact) mass is 407 g/mol. The van der Waals surface area contributed by atoms with E-state index in [0.717, 1.165) is 0 Å². The van der Waals surface area contributed by atoms with E-state index in [1.165, 1.54) is 6.08 Å². The predicted molar refractivity (Wildman–Crippen MR) is 116 cm³/mol. The van der Waals surface area contributed by atoms with Crippen molar-refractivity contribution >= 4 is 27.9 Å². The van der Waals surface area contributed by atoms with Crippen molar-refractivity contribution in [3.63, 3.8) is 0 Å². The maximum absolute atomic E-state index is 13.1. The topological polar surface area (TPSA) is 81.2 Å². The summed E-state index contributed by atoms with van der Waals surface area (Å²) in [6.45, 7) is 3.71. The Kier molecular flexibility index (Phi) is 6.41. The Morgan fingerprint density at radius 2 is 1.83 bits per heavy atom. The quantitative estimate of drug-likeness (QED) is 0.562. The van der Waals surface area contributed by atoms with Crippen LogP contribution in [-0.4, -0.2) is 25.5 Å². The summed E-state index contributed by atoms with van der Waals surface area (Å²) in [6, 6.07) is 14.0. The van der Waals surface area contributed by atoms with Crippen molar-refractivity contribution in [3.8, 4) is 5.75 Å². The van der Waals surface area contributed by atoms with Crippen molar-refractivity contribution in [1.82, 2.24) is 9.97 Å². The lowest BCUT2D eigenvalue weighted by Crippen LogP contribution is -2.20. The first kappa shape index (κ1) is 20.3. The van der Waals surface area contributed by atoms with Crippen LogP contribution in [0.3, 0.4) is 0 Å². The van der Waals surface area contributed by atoms with Crippen LogP contribution in [-0.2, 0) is 10.0 Å². The number of rotatable bonds is 8. The number of anilines is 1. The number of hydrogen-bond acceptors (Lipinski definition) is 5. The minimum Gasteiger partial charge on any atom is -0.497 e. The van der Waals surface area contributed by atoms with Gasteiger partial charge in [-0.2, -0.15) is 0 Å². The van der Waals surface area contributed by atoms with Gasteiger partial charge in [0.25, 0.3) is 0 Å². The highest BCUT2D eigenvalue weighted by Crippen LogP contribution is 2.29. The summed E-state index contributed by atoms with van der Waals surface area (Å²) in [4.78, 5) is 8.20. The Morgan fingerprint density at radius 1 is 1.07 bits per heavy atom. The maximum atomic E-state index is 13.1. The van der Waals surface area contributed by atoms with Crippen LogP contribution in [0.4, 0.5) is 5.69 Å². The molecular formula is C22H21N3O3S. The highest BCUT2D eigenvalue weighted by molar-refractivity contribution is 7.93. The summed E-state index contributed by atoms with van der Waals surface area (Å²) >= 11 is 0. The van der Waals surface area contributed by atoms with Gasteiger partial charge in [-0.05, 0) is 35.4 Å². The Hall–Kier alpha value is -3.45. The van der Waals surface area contributed by atoms with Crippen LogP contribution >= 0.6 is 0 Å². The number of sulfonamides is 1. The van der Waals surface area contributed by atoms with Gasteiger partial charge >= 0.3 is 0 Å². The first-order valence-electron chi connectivity index (χ1n) is 8.85. The molecule has 0 bridgehead atoms. The summed E-state index contributed by atoms with van der Waals surface area (Å²) in [5.74, 6) is 0.654. The molecule has 0 saturated heterocycles. The molecule has 0 aliphatic carbocycles. The molecule has 0 aliphatic rings. The molecule has 0 radical (unpaired) electrons. The van der Waals surface area contributed by atoms with Gasteiger partial charge in [0, 0.05) is 12.4 Å². The standard InChI is InChI=1S/C22H21N3O3S/c1-3-22(18-9-12-20(28-2)13-10-18)29(26,27)25-21-7-5-4-6-17(21)8-11-19-16-23-14-15-24-19/h3-16,22,25H,1H2,2H3. The van der Waals surface area contributed by atoms with Gasteiger partial charge in [-0.3, -0.25) is 14.7 Å². The number of benzene rings is 2. The van der Waals surface area contributed by atoms with Gasteiger partial charge in [0.05, 0.1) is 24.7 Å². The van der Waals surface area contributed by atoms with E-state index in [4.69, 9.17) is 4.74 Å². The third-order valence-electron chi connectivity index (χ3n) is 4.22. The molecule has 3 aromatic rings. The second kappa shape index (κ2) is 9.16. The highest BCUT2D eigenvalue weighted by atomic mass is 32.2. The van der Waals surface area contributed by atoms with Gasteiger partial charge < -0.3 is 4.74 Å². The first-order valence-corrected chi connectivity index (χ1v) is 10.4. The zero-order valence-corrected chi connectivity index (χ0v) is 16.7. The van der Waals surface area contributed by atoms with Crippen molar-refractivity contribution < 1.29 is 13.2 Å². The van der Waals surface area contributed by atoms with E-state index in [9.17, 15) is 8.42 Å². The summed E-state index contributed by atoms with van der Waals surface area (Å²) in [5.41, 5.74) is 2.44. The minimum atomic E-state index is -3.77. The molecule has 3 rings (SSSR count). The third kappa shape index (κ3) is 5.08. The van der Waals surface area contributed by atoms with Crippen molar-refractivity contribution in [2.45, 2.75) is 5.25 Å². The fourth-order valence-electron chi connectivity index (χ4n) is 2.76. The van der Waals surface area contributed by atoms with Gasteiger partial charge in [-0.1, -0.05) is 42.5 Å². The van der Waals surface area contributed by atoms with E-state index in [1.807, 2.05) is 12.1 Å². The van der Waals surface area contributed by atoms with Gasteiger partial charge in [-0.25, -0.2) is 8.42 Å². The lowest BCUT2D eigenvalue weighted by molar-refractivity contribution is 0.414. The van der Waals surface area contributed by atoms with Gasteiger partial charge in [0.1, 0.15) is 11.0 Å². The molecule has 1 unspecified atom stereocenters. The number of hydrogen-bond donors (Lipinski definition) is 1. The highest BCUT2D eigenvalue weighted by Gasteiger charge is 2.25. The van der Waals surface area contributed by atoms with Crippen LogP contribution in [0.25, 0.3) is 12.2 Å². The molecular weight excluding hydrogens is 386 g/mol. The Labute approximate surface area is 170 Å².